The van der Waals surface area contributed by atoms with E-state index in [1.54, 1.807) is 0 Å². The maximum Gasteiger partial charge on any atom is 0.0951 e. The summed E-state index contributed by atoms with van der Waals surface area (Å²) < 4.78 is 2.41. The molecule has 0 aromatic carbocycles. The fourth-order valence-corrected chi connectivity index (χ4v) is 3.19. The second kappa shape index (κ2) is 5.21. The third kappa shape index (κ3) is 2.54. The number of nitrogens with zero attached hydrogens (tertiary/aromatic N) is 3. The molecule has 0 radical (unpaired) electrons. The molecule has 3 rings (SSSR count). The van der Waals surface area contributed by atoms with Crippen LogP contribution in [0.5, 0.6) is 0 Å². The van der Waals surface area contributed by atoms with Crippen molar-refractivity contribution in [3.63, 3.8) is 0 Å². The van der Waals surface area contributed by atoms with Gasteiger partial charge < -0.3 is 9.47 Å². The van der Waals surface area contributed by atoms with Crippen molar-refractivity contribution in [2.75, 3.05) is 19.6 Å². The number of fused-ring (bicyclic) bond motifs is 1. The highest BCUT2D eigenvalue weighted by Gasteiger charge is 2.15. The minimum absolute atomic E-state index is 1.17. The first kappa shape index (κ1) is 11.3. The van der Waals surface area contributed by atoms with Crippen molar-refractivity contribution >= 4 is 0 Å². The lowest BCUT2D eigenvalue weighted by atomic mass is 10.0. The summed E-state index contributed by atoms with van der Waals surface area (Å²) in [4.78, 5) is 7.16. The number of likely N-dealkylation sites (tertiary alicyclic amines) is 1. The van der Waals surface area contributed by atoms with Gasteiger partial charge in [-0.15, -0.1) is 0 Å². The Labute approximate surface area is 104 Å². The quantitative estimate of drug-likeness (QED) is 0.795. The summed E-state index contributed by atoms with van der Waals surface area (Å²) in [6.45, 7) is 5.08. The number of hydrogen-bond donors (Lipinski definition) is 0. The normalized spacial score (nSPS) is 20.7. The maximum absolute atomic E-state index is 4.56. The van der Waals surface area contributed by atoms with Crippen molar-refractivity contribution in [2.45, 2.75) is 51.5 Å². The third-order valence-corrected chi connectivity index (χ3v) is 4.18. The lowest BCUT2D eigenvalue weighted by Gasteiger charge is -2.16. The smallest absolute Gasteiger partial charge is 0.0951 e. The maximum atomic E-state index is 4.56. The van der Waals surface area contributed by atoms with Crippen LogP contribution in [0.1, 0.15) is 43.5 Å². The molecule has 0 unspecified atom stereocenters. The lowest BCUT2D eigenvalue weighted by molar-refractivity contribution is 0.324. The van der Waals surface area contributed by atoms with Crippen molar-refractivity contribution in [2.24, 2.45) is 0 Å². The molecule has 1 aliphatic heterocycles. The summed E-state index contributed by atoms with van der Waals surface area (Å²) in [5.41, 5.74) is 2.90. The molecule has 2 aliphatic rings. The summed E-state index contributed by atoms with van der Waals surface area (Å²) >= 11 is 0. The van der Waals surface area contributed by atoms with E-state index in [-0.39, 0.29) is 0 Å². The van der Waals surface area contributed by atoms with Crippen molar-refractivity contribution in [3.8, 4) is 0 Å². The minimum Gasteiger partial charge on any atom is -0.334 e. The zero-order chi connectivity index (χ0) is 11.5. The SMILES string of the molecule is c1nc2c(n1CCCN1CCCC1)CCCC2. The van der Waals surface area contributed by atoms with E-state index in [4.69, 9.17) is 0 Å². The van der Waals surface area contributed by atoms with E-state index < -0.39 is 0 Å². The number of rotatable bonds is 4. The molecule has 1 aromatic rings. The Bertz CT molecular complexity index is 364. The monoisotopic (exact) mass is 233 g/mol. The molecular weight excluding hydrogens is 210 g/mol. The molecule has 0 spiro atoms. The van der Waals surface area contributed by atoms with Gasteiger partial charge in [0, 0.05) is 12.2 Å². The van der Waals surface area contributed by atoms with Crippen LogP contribution in [-0.4, -0.2) is 34.1 Å². The number of hydrogen-bond acceptors (Lipinski definition) is 2. The van der Waals surface area contributed by atoms with E-state index in [1.807, 2.05) is 0 Å². The standard InChI is InChI=1S/C14H23N3/c1-2-7-14-13(6-1)15-12-17(14)11-5-10-16-8-3-4-9-16/h12H,1-11H2. The highest BCUT2D eigenvalue weighted by Crippen LogP contribution is 2.20. The van der Waals surface area contributed by atoms with Crippen molar-refractivity contribution in [1.82, 2.24) is 14.5 Å². The Kier molecular flexibility index (Phi) is 3.46. The topological polar surface area (TPSA) is 21.1 Å². The lowest BCUT2D eigenvalue weighted by Crippen LogP contribution is -2.21. The van der Waals surface area contributed by atoms with E-state index in [0.29, 0.717) is 0 Å². The second-order valence-corrected chi connectivity index (χ2v) is 5.44. The average molecular weight is 233 g/mol. The van der Waals surface area contributed by atoms with E-state index in [9.17, 15) is 0 Å². The van der Waals surface area contributed by atoms with Crippen LogP contribution in [0.4, 0.5) is 0 Å². The van der Waals surface area contributed by atoms with Gasteiger partial charge in [0.15, 0.2) is 0 Å². The van der Waals surface area contributed by atoms with Gasteiger partial charge in [0.25, 0.3) is 0 Å². The van der Waals surface area contributed by atoms with Gasteiger partial charge in [-0.1, -0.05) is 0 Å². The van der Waals surface area contributed by atoms with Gasteiger partial charge in [0.1, 0.15) is 0 Å². The van der Waals surface area contributed by atoms with Gasteiger partial charge in [0.05, 0.1) is 12.0 Å². The van der Waals surface area contributed by atoms with Crippen LogP contribution in [0.2, 0.25) is 0 Å². The molecule has 1 fully saturated rings. The molecule has 0 bridgehead atoms. The van der Waals surface area contributed by atoms with E-state index in [2.05, 4.69) is 20.8 Å². The zero-order valence-electron chi connectivity index (χ0n) is 10.7. The molecule has 1 aromatic heterocycles. The number of imidazole rings is 1. The van der Waals surface area contributed by atoms with Gasteiger partial charge in [-0.2, -0.15) is 0 Å². The highest BCUT2D eigenvalue weighted by atomic mass is 15.1. The Balaban J connectivity index is 1.52. The van der Waals surface area contributed by atoms with Crippen LogP contribution in [0.3, 0.4) is 0 Å². The van der Waals surface area contributed by atoms with Gasteiger partial charge in [-0.25, -0.2) is 4.98 Å². The van der Waals surface area contributed by atoms with Crippen LogP contribution >= 0.6 is 0 Å². The first-order valence-corrected chi connectivity index (χ1v) is 7.19. The van der Waals surface area contributed by atoms with E-state index in [0.717, 1.165) is 0 Å². The van der Waals surface area contributed by atoms with Crippen molar-refractivity contribution < 1.29 is 0 Å². The molecule has 17 heavy (non-hydrogen) atoms. The highest BCUT2D eigenvalue weighted by molar-refractivity contribution is 5.16. The van der Waals surface area contributed by atoms with Crippen LogP contribution in [0, 0.1) is 0 Å². The summed E-state index contributed by atoms with van der Waals surface area (Å²) in [7, 11) is 0. The Hall–Kier alpha value is -0.830. The predicted molar refractivity (Wildman–Crippen MR) is 69.2 cm³/mol. The first-order valence-electron chi connectivity index (χ1n) is 7.19. The first-order chi connectivity index (χ1) is 8.43. The Morgan fingerprint density at radius 2 is 1.82 bits per heavy atom. The van der Waals surface area contributed by atoms with Crippen LogP contribution in [0.15, 0.2) is 6.33 Å². The molecule has 94 valence electrons. The summed E-state index contributed by atoms with van der Waals surface area (Å²) in [5.74, 6) is 0. The van der Waals surface area contributed by atoms with Gasteiger partial charge >= 0.3 is 0 Å². The average Bonchev–Trinajstić information content (AvgIpc) is 2.99. The predicted octanol–water partition coefficient (Wildman–Crippen LogP) is 2.25. The Morgan fingerprint density at radius 3 is 2.71 bits per heavy atom. The summed E-state index contributed by atoms with van der Waals surface area (Å²) in [5, 5.41) is 0. The fourth-order valence-electron chi connectivity index (χ4n) is 3.19. The number of aromatic nitrogens is 2. The van der Waals surface area contributed by atoms with Crippen molar-refractivity contribution in [1.29, 1.82) is 0 Å². The van der Waals surface area contributed by atoms with Crippen LogP contribution < -0.4 is 0 Å². The molecule has 1 saturated heterocycles. The zero-order valence-corrected chi connectivity index (χ0v) is 10.7. The molecule has 3 nitrogen and oxygen atoms in total. The molecular formula is C14H23N3. The molecule has 0 N–H and O–H groups in total. The Morgan fingerprint density at radius 1 is 1.00 bits per heavy atom. The van der Waals surface area contributed by atoms with Gasteiger partial charge in [-0.3, -0.25) is 0 Å². The van der Waals surface area contributed by atoms with Gasteiger partial charge in [0.2, 0.25) is 0 Å². The summed E-state index contributed by atoms with van der Waals surface area (Å²) in [6, 6.07) is 0. The van der Waals surface area contributed by atoms with Crippen molar-refractivity contribution in [3.05, 3.63) is 17.7 Å². The van der Waals surface area contributed by atoms with E-state index >= 15 is 0 Å². The molecule has 1 aliphatic carbocycles. The molecule has 3 heteroatoms. The third-order valence-electron chi connectivity index (χ3n) is 4.18. The van der Waals surface area contributed by atoms with E-state index in [1.165, 1.54) is 82.5 Å². The molecule has 2 heterocycles. The largest absolute Gasteiger partial charge is 0.334 e. The molecule has 0 saturated carbocycles. The number of aryl methyl sites for hydroxylation is 2. The summed E-state index contributed by atoms with van der Waals surface area (Å²) in [6.07, 6.45) is 11.3. The van der Waals surface area contributed by atoms with Crippen LogP contribution in [0.25, 0.3) is 0 Å². The second-order valence-electron chi connectivity index (χ2n) is 5.44. The van der Waals surface area contributed by atoms with Crippen LogP contribution in [-0.2, 0) is 19.4 Å². The van der Waals surface area contributed by atoms with Gasteiger partial charge in [-0.05, 0) is 64.6 Å². The minimum atomic E-state index is 1.17. The molecule has 0 amide bonds. The fraction of sp³-hybridized carbons (Fsp3) is 0.786. The molecule has 0 atom stereocenters.